The average Bonchev–Trinajstić information content (AvgIpc) is 2.76. The van der Waals surface area contributed by atoms with Gasteiger partial charge in [-0.25, -0.2) is 0 Å². The summed E-state index contributed by atoms with van der Waals surface area (Å²) in [5, 5.41) is 0. The smallest absolute Gasteiger partial charge is 0.281 e. The molecule has 0 unspecified atom stereocenters. The Morgan fingerprint density at radius 3 is 1.95 bits per heavy atom. The molecule has 0 atom stereocenters. The summed E-state index contributed by atoms with van der Waals surface area (Å²) in [6.07, 6.45) is 7.60. The van der Waals surface area contributed by atoms with Gasteiger partial charge in [0.05, 0.1) is 9.74 Å². The van der Waals surface area contributed by atoms with Crippen LogP contribution in [0.2, 0.25) is 0 Å². The molecule has 2 rings (SSSR count). The zero-order chi connectivity index (χ0) is 15.5. The maximum absolute atomic E-state index is 12.7. The molecule has 0 aliphatic carbocycles. The van der Waals surface area contributed by atoms with E-state index in [9.17, 15) is 8.42 Å². The summed E-state index contributed by atoms with van der Waals surface area (Å²) in [5.41, 5.74) is 5.86. The maximum Gasteiger partial charge on any atom is 0.281 e. The number of thiocarbonyl (C=S) groups is 1. The number of nitrogens with zero attached hydrogens (tertiary/aromatic N) is 2. The van der Waals surface area contributed by atoms with Gasteiger partial charge in [0, 0.05) is 26.2 Å². The van der Waals surface area contributed by atoms with Crippen LogP contribution in [0.3, 0.4) is 0 Å². The predicted octanol–water partition coefficient (Wildman–Crippen LogP) is 1.59. The third-order valence-corrected chi connectivity index (χ3v) is 8.55. The van der Waals surface area contributed by atoms with E-state index < -0.39 is 10.2 Å². The number of piperidine rings is 1. The largest absolute Gasteiger partial charge is 0.392 e. The second-order valence-corrected chi connectivity index (χ2v) is 9.34. The van der Waals surface area contributed by atoms with E-state index in [4.69, 9.17) is 18.0 Å². The summed E-state index contributed by atoms with van der Waals surface area (Å²) in [6.45, 7) is 2.33. The van der Waals surface area contributed by atoms with E-state index in [2.05, 4.69) is 0 Å². The number of thioether (sulfide) groups is 1. The third kappa shape index (κ3) is 3.72. The van der Waals surface area contributed by atoms with Crippen LogP contribution >= 0.6 is 24.0 Å². The summed E-state index contributed by atoms with van der Waals surface area (Å²) in [5.74, 6) is 0. The van der Waals surface area contributed by atoms with E-state index in [1.807, 2.05) is 6.26 Å². The van der Waals surface area contributed by atoms with E-state index in [1.165, 1.54) is 0 Å². The molecule has 2 heterocycles. The highest BCUT2D eigenvalue weighted by Crippen LogP contribution is 2.36. The molecule has 0 saturated carbocycles. The summed E-state index contributed by atoms with van der Waals surface area (Å²) in [6, 6.07) is 0. The zero-order valence-electron chi connectivity index (χ0n) is 12.6. The van der Waals surface area contributed by atoms with Crippen molar-refractivity contribution in [3.63, 3.8) is 0 Å². The van der Waals surface area contributed by atoms with Crippen LogP contribution in [0, 0.1) is 0 Å². The van der Waals surface area contributed by atoms with Crippen LogP contribution in [-0.4, -0.2) is 59.2 Å². The molecule has 2 N–H and O–H groups in total. The average molecular weight is 352 g/mol. The van der Waals surface area contributed by atoms with Gasteiger partial charge in [-0.2, -0.15) is 28.8 Å². The van der Waals surface area contributed by atoms with Gasteiger partial charge < -0.3 is 5.73 Å². The molecule has 0 bridgehead atoms. The molecule has 5 nitrogen and oxygen atoms in total. The van der Waals surface area contributed by atoms with Crippen LogP contribution in [0.1, 0.15) is 38.5 Å². The standard InChI is InChI=1S/C13H25N3O2S3/c1-20-13(12(14)19)6-10-16(11-7-13)21(17,18)15-8-4-2-3-5-9-15/h2-11H2,1H3,(H2,14,19). The monoisotopic (exact) mass is 351 g/mol. The maximum atomic E-state index is 12.7. The van der Waals surface area contributed by atoms with Gasteiger partial charge in [0.15, 0.2) is 0 Å². The number of rotatable bonds is 4. The minimum atomic E-state index is -3.32. The lowest BCUT2D eigenvalue weighted by atomic mass is 9.97. The lowest BCUT2D eigenvalue weighted by Gasteiger charge is -2.40. The Bertz CT molecular complexity index is 465. The Morgan fingerprint density at radius 1 is 1.05 bits per heavy atom. The molecule has 2 aliphatic rings. The molecule has 0 aromatic heterocycles. The first-order valence-electron chi connectivity index (χ1n) is 7.53. The van der Waals surface area contributed by atoms with E-state index in [1.54, 1.807) is 20.4 Å². The first kappa shape index (κ1) is 17.5. The van der Waals surface area contributed by atoms with Crippen LogP contribution in [0.4, 0.5) is 0 Å². The minimum absolute atomic E-state index is 0.236. The topological polar surface area (TPSA) is 66.6 Å². The van der Waals surface area contributed by atoms with Crippen LogP contribution in [0.5, 0.6) is 0 Å². The molecular weight excluding hydrogens is 326 g/mol. The first-order chi connectivity index (χ1) is 9.92. The van der Waals surface area contributed by atoms with Crippen LogP contribution < -0.4 is 5.73 Å². The third-order valence-electron chi connectivity index (χ3n) is 4.59. The lowest BCUT2D eigenvalue weighted by Crippen LogP contribution is -2.53. The van der Waals surface area contributed by atoms with Gasteiger partial charge in [0.1, 0.15) is 0 Å². The Hall–Kier alpha value is 0.110. The van der Waals surface area contributed by atoms with E-state index >= 15 is 0 Å². The molecule has 122 valence electrons. The fourth-order valence-corrected chi connectivity index (χ4v) is 6.00. The van der Waals surface area contributed by atoms with Crippen molar-refractivity contribution >= 4 is 39.2 Å². The fourth-order valence-electron chi connectivity index (χ4n) is 3.06. The summed E-state index contributed by atoms with van der Waals surface area (Å²) < 4.78 is 28.5. The van der Waals surface area contributed by atoms with Gasteiger partial charge >= 0.3 is 0 Å². The molecule has 0 spiro atoms. The normalized spacial score (nSPS) is 25.4. The quantitative estimate of drug-likeness (QED) is 0.779. The SMILES string of the molecule is CSC1(C(N)=S)CCN(S(=O)(=O)N2CCCCCC2)CC1. The number of nitrogens with two attached hydrogens (primary N) is 1. The molecule has 2 fully saturated rings. The molecule has 0 radical (unpaired) electrons. The van der Waals surface area contributed by atoms with Crippen molar-refractivity contribution < 1.29 is 8.42 Å². The van der Waals surface area contributed by atoms with Gasteiger partial charge in [0.25, 0.3) is 10.2 Å². The Balaban J connectivity index is 2.05. The highest BCUT2D eigenvalue weighted by Gasteiger charge is 2.41. The second-order valence-electron chi connectivity index (χ2n) is 5.78. The molecule has 8 heteroatoms. The van der Waals surface area contributed by atoms with Gasteiger partial charge in [-0.05, 0) is 31.9 Å². The molecule has 0 amide bonds. The highest BCUT2D eigenvalue weighted by molar-refractivity contribution is 8.02. The van der Waals surface area contributed by atoms with Crippen LogP contribution in [0.15, 0.2) is 0 Å². The molecular formula is C13H25N3O2S3. The van der Waals surface area contributed by atoms with Gasteiger partial charge in [-0.1, -0.05) is 25.1 Å². The fraction of sp³-hybridized carbons (Fsp3) is 0.923. The van der Waals surface area contributed by atoms with E-state index in [0.717, 1.165) is 25.7 Å². The summed E-state index contributed by atoms with van der Waals surface area (Å²) in [7, 11) is -3.32. The van der Waals surface area contributed by atoms with E-state index in [-0.39, 0.29) is 4.75 Å². The van der Waals surface area contributed by atoms with Crippen molar-refractivity contribution in [1.29, 1.82) is 0 Å². The van der Waals surface area contributed by atoms with Crippen LogP contribution in [-0.2, 0) is 10.2 Å². The predicted molar refractivity (Wildman–Crippen MR) is 92.8 cm³/mol. The van der Waals surface area contributed by atoms with Crippen molar-refractivity contribution in [2.75, 3.05) is 32.4 Å². The van der Waals surface area contributed by atoms with Gasteiger partial charge in [-0.3, -0.25) is 0 Å². The summed E-state index contributed by atoms with van der Waals surface area (Å²) >= 11 is 6.83. The lowest BCUT2D eigenvalue weighted by molar-refractivity contribution is 0.296. The number of hydrogen-bond acceptors (Lipinski definition) is 4. The van der Waals surface area contributed by atoms with Gasteiger partial charge in [0.2, 0.25) is 0 Å². The van der Waals surface area contributed by atoms with Crippen molar-refractivity contribution in [3.8, 4) is 0 Å². The Labute approximate surface area is 137 Å². The molecule has 0 aromatic carbocycles. The first-order valence-corrected chi connectivity index (χ1v) is 10.6. The highest BCUT2D eigenvalue weighted by atomic mass is 32.2. The molecule has 2 saturated heterocycles. The van der Waals surface area contributed by atoms with Crippen molar-refractivity contribution in [1.82, 2.24) is 8.61 Å². The van der Waals surface area contributed by atoms with Crippen molar-refractivity contribution in [2.45, 2.75) is 43.3 Å². The second kappa shape index (κ2) is 7.12. The van der Waals surface area contributed by atoms with E-state index in [0.29, 0.717) is 44.0 Å². The number of hydrogen-bond donors (Lipinski definition) is 1. The van der Waals surface area contributed by atoms with Crippen molar-refractivity contribution in [2.24, 2.45) is 5.73 Å². The Morgan fingerprint density at radius 2 is 1.52 bits per heavy atom. The Kier molecular flexibility index (Phi) is 5.92. The van der Waals surface area contributed by atoms with Crippen molar-refractivity contribution in [3.05, 3.63) is 0 Å². The molecule has 2 aliphatic heterocycles. The minimum Gasteiger partial charge on any atom is -0.392 e. The zero-order valence-corrected chi connectivity index (χ0v) is 15.0. The van der Waals surface area contributed by atoms with Gasteiger partial charge in [-0.15, -0.1) is 0 Å². The molecule has 0 aromatic rings. The molecule has 21 heavy (non-hydrogen) atoms. The van der Waals surface area contributed by atoms with Crippen LogP contribution in [0.25, 0.3) is 0 Å². The summed E-state index contributed by atoms with van der Waals surface area (Å²) in [4.78, 5) is 0.502.